The van der Waals surface area contributed by atoms with Gasteiger partial charge in [0, 0.05) is 22.4 Å². The number of aliphatic hydroxyl groups excluding tert-OH is 1. The van der Waals surface area contributed by atoms with Gasteiger partial charge in [0.2, 0.25) is 0 Å². The predicted molar refractivity (Wildman–Crippen MR) is 247 cm³/mol. The molecule has 5 aliphatic carbocycles. The molecule has 348 valence electrons. The van der Waals surface area contributed by atoms with Gasteiger partial charge >= 0.3 is 18.0 Å². The number of benzene rings is 1. The molecule has 4 fully saturated rings. The molecule has 1 unspecified atom stereocenters. The van der Waals surface area contributed by atoms with Crippen LogP contribution in [0.5, 0.6) is 0 Å². The Balaban J connectivity index is 1.24. The summed E-state index contributed by atoms with van der Waals surface area (Å²) in [7, 11) is 0. The van der Waals surface area contributed by atoms with Crippen LogP contribution >= 0.6 is 11.6 Å². The number of halogens is 1. The van der Waals surface area contributed by atoms with E-state index in [4.69, 9.17) is 25.8 Å². The highest BCUT2D eigenvalue weighted by Gasteiger charge is 2.65. The van der Waals surface area contributed by atoms with Crippen molar-refractivity contribution < 1.29 is 33.7 Å². The quantitative estimate of drug-likeness (QED) is 0.150. The number of aliphatic hydroxyl groups is 1. The molecule has 0 saturated heterocycles. The summed E-state index contributed by atoms with van der Waals surface area (Å²) < 4.78 is 18.0. The highest BCUT2D eigenvalue weighted by atomic mass is 35.5. The van der Waals surface area contributed by atoms with Gasteiger partial charge in [-0.2, -0.15) is 0 Å². The standard InChI is InChI=1S/C53H82ClNO7/c1-32-28-41(60-42(57)29-50(11,12)45(58)61-48(5,6)7)51(13,14)37-22-25-52(15)36-23-26-53(27-24-39(47(2,3)4)44(53)35(36)20-21-38(52)43(32)37)40(56)31-55(46(59)62-49(8,9)10)30-33-16-18-34(54)19-17-33/h16-19,32,35-38,40-41,43,56H,20-31H2,1-15H3/t32?,35-,36+,37+,38+,40+,41-,43-,52-,53+/m0/s1. The number of rotatable bonds is 9. The third-order valence-corrected chi connectivity index (χ3v) is 16.8. The molecule has 1 aromatic carbocycles. The molecule has 5 aliphatic rings. The summed E-state index contributed by atoms with van der Waals surface area (Å²) in [5.41, 5.74) is 1.25. The molecular weight excluding hydrogens is 798 g/mol. The number of amides is 1. The van der Waals surface area contributed by atoms with Gasteiger partial charge in [-0.1, -0.05) is 83.3 Å². The average Bonchev–Trinajstić information content (AvgIpc) is 3.55. The van der Waals surface area contributed by atoms with Crippen LogP contribution in [0.4, 0.5) is 4.79 Å². The second kappa shape index (κ2) is 17.0. The molecule has 9 heteroatoms. The van der Waals surface area contributed by atoms with Gasteiger partial charge in [-0.15, -0.1) is 0 Å². The minimum absolute atomic E-state index is 0.00921. The first-order valence-electron chi connectivity index (χ1n) is 24.0. The van der Waals surface area contributed by atoms with E-state index in [1.807, 2.05) is 65.8 Å². The van der Waals surface area contributed by atoms with Crippen LogP contribution in [0.1, 0.15) is 174 Å². The van der Waals surface area contributed by atoms with Crippen molar-refractivity contribution in [1.82, 2.24) is 4.90 Å². The molecule has 0 spiro atoms. The number of fused-ring (bicyclic) bond motifs is 7. The largest absolute Gasteiger partial charge is 0.462 e. The summed E-state index contributed by atoms with van der Waals surface area (Å²) in [5.74, 6) is 2.14. The van der Waals surface area contributed by atoms with E-state index < -0.39 is 28.8 Å². The molecule has 62 heavy (non-hydrogen) atoms. The Morgan fingerprint density at radius 2 is 1.44 bits per heavy atom. The van der Waals surface area contributed by atoms with Gasteiger partial charge in [-0.25, -0.2) is 4.79 Å². The van der Waals surface area contributed by atoms with Gasteiger partial charge in [0.1, 0.15) is 17.3 Å². The third-order valence-electron chi connectivity index (χ3n) is 16.6. The Morgan fingerprint density at radius 3 is 2.03 bits per heavy atom. The van der Waals surface area contributed by atoms with Crippen molar-refractivity contribution in [2.24, 2.45) is 62.6 Å². The molecule has 0 heterocycles. The Morgan fingerprint density at radius 1 is 0.823 bits per heavy atom. The zero-order chi connectivity index (χ0) is 46.2. The lowest BCUT2D eigenvalue weighted by atomic mass is 9.39. The fourth-order valence-corrected chi connectivity index (χ4v) is 13.7. The van der Waals surface area contributed by atoms with Crippen LogP contribution in [-0.4, -0.2) is 58.0 Å². The van der Waals surface area contributed by atoms with Gasteiger partial charge in [0.25, 0.3) is 0 Å². The molecule has 6 rings (SSSR count). The summed E-state index contributed by atoms with van der Waals surface area (Å²) in [6, 6.07) is 7.58. The van der Waals surface area contributed by atoms with E-state index in [2.05, 4.69) is 48.5 Å². The molecule has 0 radical (unpaired) electrons. The summed E-state index contributed by atoms with van der Waals surface area (Å²) in [4.78, 5) is 42.2. The first-order valence-corrected chi connectivity index (χ1v) is 24.3. The van der Waals surface area contributed by atoms with Gasteiger partial charge in [0.15, 0.2) is 0 Å². The van der Waals surface area contributed by atoms with Gasteiger partial charge in [0.05, 0.1) is 24.5 Å². The summed E-state index contributed by atoms with van der Waals surface area (Å²) >= 11 is 6.24. The van der Waals surface area contributed by atoms with E-state index in [-0.39, 0.29) is 52.7 Å². The maximum absolute atomic E-state index is 13.9. The van der Waals surface area contributed by atoms with Crippen LogP contribution < -0.4 is 0 Å². The molecule has 0 aromatic heterocycles. The van der Waals surface area contributed by atoms with Crippen LogP contribution in [0.15, 0.2) is 35.4 Å². The Labute approximate surface area is 380 Å². The number of nitrogens with zero attached hydrogens (tertiary/aromatic N) is 1. The molecule has 4 saturated carbocycles. The number of carbonyl (C=O) groups excluding carboxylic acids is 3. The van der Waals surface area contributed by atoms with Crippen LogP contribution in [0.25, 0.3) is 0 Å². The summed E-state index contributed by atoms with van der Waals surface area (Å²) in [6.45, 7) is 32.0. The van der Waals surface area contributed by atoms with Gasteiger partial charge in [-0.3, -0.25) is 9.59 Å². The Bertz CT molecular complexity index is 1860. The molecule has 8 nitrogen and oxygen atoms in total. The number of hydrogen-bond donors (Lipinski definition) is 1. The second-order valence-electron chi connectivity index (χ2n) is 25.0. The van der Waals surface area contributed by atoms with Crippen molar-refractivity contribution in [3.8, 4) is 0 Å². The van der Waals surface area contributed by atoms with Crippen molar-refractivity contribution >= 4 is 29.6 Å². The lowest BCUT2D eigenvalue weighted by Crippen LogP contribution is -2.61. The predicted octanol–water partition coefficient (Wildman–Crippen LogP) is 12.8. The number of carbonyl (C=O) groups is 3. The first kappa shape index (κ1) is 48.9. The van der Waals surface area contributed by atoms with Crippen LogP contribution in [-0.2, 0) is 30.3 Å². The van der Waals surface area contributed by atoms with Crippen LogP contribution in [0, 0.1) is 62.6 Å². The normalized spacial score (nSPS) is 32.7. The fourth-order valence-electron chi connectivity index (χ4n) is 13.6. The second-order valence-corrected chi connectivity index (χ2v) is 25.5. The number of hydrogen-bond acceptors (Lipinski definition) is 7. The topological polar surface area (TPSA) is 102 Å². The maximum atomic E-state index is 13.9. The molecular formula is C53H82ClNO7. The lowest BCUT2D eigenvalue weighted by Gasteiger charge is -2.66. The molecule has 1 aromatic rings. The van der Waals surface area contributed by atoms with E-state index in [9.17, 15) is 19.5 Å². The van der Waals surface area contributed by atoms with Gasteiger partial charge in [-0.05, 0) is 177 Å². The number of esters is 2. The molecule has 0 aliphatic heterocycles. The van der Waals surface area contributed by atoms with Crippen molar-refractivity contribution in [3.63, 3.8) is 0 Å². The first-order chi connectivity index (χ1) is 28.4. The highest BCUT2D eigenvalue weighted by Crippen LogP contribution is 2.71. The number of ether oxygens (including phenoxy) is 3. The third kappa shape index (κ3) is 9.68. The fraction of sp³-hybridized carbons (Fsp3) is 0.792. The van der Waals surface area contributed by atoms with E-state index in [0.717, 1.165) is 63.4 Å². The van der Waals surface area contributed by atoms with E-state index in [1.54, 1.807) is 18.7 Å². The van der Waals surface area contributed by atoms with Gasteiger partial charge < -0.3 is 24.2 Å². The molecule has 1 amide bonds. The van der Waals surface area contributed by atoms with Crippen molar-refractivity contribution in [3.05, 3.63) is 46.0 Å². The van der Waals surface area contributed by atoms with Crippen LogP contribution in [0.3, 0.4) is 0 Å². The maximum Gasteiger partial charge on any atom is 0.410 e. The van der Waals surface area contributed by atoms with Crippen molar-refractivity contribution in [1.29, 1.82) is 0 Å². The van der Waals surface area contributed by atoms with Crippen molar-refractivity contribution in [2.45, 2.75) is 198 Å². The SMILES string of the molecule is CC1C[C@H](OC(=O)CC(C)(C)C(=O)OC(C)(C)C)C(C)(C)[C@@H]2CC[C@]3(C)[C@H](CC[C@@H]4C5=C(C(C)(C)C)CC[C@@]5([C@H](O)CN(Cc5ccc(Cl)cc5)C(=O)OC(C)(C)C)CC[C@H]43)[C@@H]12. The minimum atomic E-state index is -0.979. The molecule has 0 bridgehead atoms. The van der Waals surface area contributed by atoms with E-state index in [0.29, 0.717) is 47.1 Å². The minimum Gasteiger partial charge on any atom is -0.462 e. The average molecular weight is 881 g/mol. The van der Waals surface area contributed by atoms with E-state index in [1.165, 1.54) is 11.1 Å². The Kier molecular flexibility index (Phi) is 13.4. The van der Waals surface area contributed by atoms with E-state index >= 15 is 0 Å². The zero-order valence-electron chi connectivity index (χ0n) is 41.1. The highest BCUT2D eigenvalue weighted by molar-refractivity contribution is 6.30. The zero-order valence-corrected chi connectivity index (χ0v) is 41.9. The summed E-state index contributed by atoms with van der Waals surface area (Å²) in [6.07, 6.45) is 7.86. The smallest absolute Gasteiger partial charge is 0.410 e. The Hall–Kier alpha value is -2.58. The molecule has 1 N–H and O–H groups in total. The summed E-state index contributed by atoms with van der Waals surface area (Å²) in [5, 5.41) is 13.4. The monoisotopic (exact) mass is 880 g/mol. The van der Waals surface area contributed by atoms with Crippen LogP contribution in [0.2, 0.25) is 5.02 Å². The number of allylic oxidation sites excluding steroid dienone is 1. The van der Waals surface area contributed by atoms with Crippen molar-refractivity contribution in [2.75, 3.05) is 6.54 Å². The molecule has 10 atom stereocenters. The lowest BCUT2D eigenvalue weighted by molar-refractivity contribution is -0.198.